The maximum Gasteiger partial charge on any atom is 0.488 e. The minimum absolute atomic E-state index is 0.304. The lowest BCUT2D eigenvalue weighted by Crippen LogP contribution is -2.37. The fraction of sp³-hybridized carbons (Fsp3) is 0.400. The van der Waals surface area contributed by atoms with Gasteiger partial charge in [0.05, 0.1) is 0 Å². The van der Waals surface area contributed by atoms with Gasteiger partial charge in [-0.05, 0) is 28.6 Å². The van der Waals surface area contributed by atoms with Crippen molar-refractivity contribution in [3.05, 3.63) is 29.6 Å². The van der Waals surface area contributed by atoms with Crippen molar-refractivity contribution in [1.82, 2.24) is 0 Å². The second-order valence-electron chi connectivity index (χ2n) is 4.36. The Morgan fingerprint density at radius 1 is 1.21 bits per heavy atom. The summed E-state index contributed by atoms with van der Waals surface area (Å²) in [7, 11) is -1.55. The SMILES string of the molecule is CC(C)(C)c1cc(F)ccc1B(O)O. The van der Waals surface area contributed by atoms with E-state index in [2.05, 4.69) is 0 Å². The van der Waals surface area contributed by atoms with Crippen molar-refractivity contribution in [2.24, 2.45) is 0 Å². The lowest BCUT2D eigenvalue weighted by molar-refractivity contribution is 0.423. The highest BCUT2D eigenvalue weighted by Crippen LogP contribution is 2.21. The van der Waals surface area contributed by atoms with E-state index < -0.39 is 7.12 Å². The number of hydrogen-bond acceptors (Lipinski definition) is 2. The Morgan fingerprint density at radius 2 is 1.79 bits per heavy atom. The molecule has 0 saturated carbocycles. The van der Waals surface area contributed by atoms with E-state index in [-0.39, 0.29) is 11.2 Å². The smallest absolute Gasteiger partial charge is 0.423 e. The molecule has 4 heteroatoms. The van der Waals surface area contributed by atoms with Crippen molar-refractivity contribution < 1.29 is 14.4 Å². The average Bonchev–Trinajstić information content (AvgIpc) is 2.01. The molecule has 0 bridgehead atoms. The second kappa shape index (κ2) is 3.71. The number of halogens is 1. The Labute approximate surface area is 83.5 Å². The molecule has 1 aromatic rings. The van der Waals surface area contributed by atoms with E-state index >= 15 is 0 Å². The van der Waals surface area contributed by atoms with Gasteiger partial charge in [0.15, 0.2) is 0 Å². The first kappa shape index (κ1) is 11.2. The Bertz CT molecular complexity index is 331. The zero-order chi connectivity index (χ0) is 10.9. The Hall–Kier alpha value is -0.865. The molecular formula is C10H14BFO2. The molecule has 0 spiro atoms. The van der Waals surface area contributed by atoms with Crippen molar-refractivity contribution >= 4 is 12.6 Å². The summed E-state index contributed by atoms with van der Waals surface area (Å²) in [5.41, 5.74) is 0.674. The fourth-order valence-corrected chi connectivity index (χ4v) is 1.40. The molecule has 0 heterocycles. The molecule has 0 aliphatic carbocycles. The molecule has 2 N–H and O–H groups in total. The quantitative estimate of drug-likeness (QED) is 0.652. The van der Waals surface area contributed by atoms with E-state index in [4.69, 9.17) is 10.0 Å². The van der Waals surface area contributed by atoms with Gasteiger partial charge >= 0.3 is 7.12 Å². The Morgan fingerprint density at radius 3 is 2.21 bits per heavy atom. The lowest BCUT2D eigenvalue weighted by Gasteiger charge is -2.22. The summed E-state index contributed by atoms with van der Waals surface area (Å²) < 4.78 is 13.0. The van der Waals surface area contributed by atoms with Crippen molar-refractivity contribution in [2.45, 2.75) is 26.2 Å². The first-order valence-corrected chi connectivity index (χ1v) is 4.48. The largest absolute Gasteiger partial charge is 0.488 e. The molecule has 0 aliphatic heterocycles. The summed E-state index contributed by atoms with van der Waals surface area (Å²) in [6, 6.07) is 3.97. The fourth-order valence-electron chi connectivity index (χ4n) is 1.40. The van der Waals surface area contributed by atoms with Crippen LogP contribution in [-0.4, -0.2) is 17.2 Å². The van der Waals surface area contributed by atoms with E-state index in [1.54, 1.807) is 0 Å². The first-order valence-electron chi connectivity index (χ1n) is 4.48. The summed E-state index contributed by atoms with van der Waals surface area (Å²) in [6.45, 7) is 5.69. The Kier molecular flexibility index (Phi) is 2.97. The molecule has 0 aliphatic rings. The van der Waals surface area contributed by atoms with Crippen LogP contribution < -0.4 is 5.46 Å². The summed E-state index contributed by atoms with van der Waals surface area (Å²) in [4.78, 5) is 0. The molecule has 76 valence electrons. The standard InChI is InChI=1S/C10H14BFO2/c1-10(2,3)8-6-7(12)4-5-9(8)11(13)14/h4-6,13-14H,1-3H3. The van der Waals surface area contributed by atoms with Crippen LogP contribution in [-0.2, 0) is 5.41 Å². The molecule has 1 aromatic carbocycles. The van der Waals surface area contributed by atoms with E-state index in [1.165, 1.54) is 18.2 Å². The highest BCUT2D eigenvalue weighted by atomic mass is 19.1. The van der Waals surface area contributed by atoms with Gasteiger partial charge in [-0.3, -0.25) is 0 Å². The summed E-state index contributed by atoms with van der Waals surface area (Å²) in [5, 5.41) is 18.2. The third-order valence-electron chi connectivity index (χ3n) is 2.10. The zero-order valence-corrected chi connectivity index (χ0v) is 8.58. The molecular weight excluding hydrogens is 182 g/mol. The van der Waals surface area contributed by atoms with Crippen LogP contribution in [0.15, 0.2) is 18.2 Å². The van der Waals surface area contributed by atoms with Crippen molar-refractivity contribution in [2.75, 3.05) is 0 Å². The van der Waals surface area contributed by atoms with E-state index in [0.29, 0.717) is 11.0 Å². The minimum atomic E-state index is -1.55. The third-order valence-corrected chi connectivity index (χ3v) is 2.10. The van der Waals surface area contributed by atoms with Gasteiger partial charge in [0.1, 0.15) is 5.82 Å². The van der Waals surface area contributed by atoms with Gasteiger partial charge in [0.25, 0.3) is 0 Å². The molecule has 0 aromatic heterocycles. The maximum absolute atomic E-state index is 13.0. The number of benzene rings is 1. The van der Waals surface area contributed by atoms with Gasteiger partial charge in [0.2, 0.25) is 0 Å². The van der Waals surface area contributed by atoms with Crippen LogP contribution >= 0.6 is 0 Å². The van der Waals surface area contributed by atoms with Gasteiger partial charge in [-0.2, -0.15) is 0 Å². The van der Waals surface area contributed by atoms with Crippen molar-refractivity contribution in [3.8, 4) is 0 Å². The molecule has 2 nitrogen and oxygen atoms in total. The van der Waals surface area contributed by atoms with Crippen LogP contribution in [0, 0.1) is 5.82 Å². The van der Waals surface area contributed by atoms with E-state index in [9.17, 15) is 4.39 Å². The molecule has 14 heavy (non-hydrogen) atoms. The van der Waals surface area contributed by atoms with Crippen molar-refractivity contribution in [1.29, 1.82) is 0 Å². The molecule has 0 atom stereocenters. The first-order chi connectivity index (χ1) is 6.32. The highest BCUT2D eigenvalue weighted by molar-refractivity contribution is 6.59. The van der Waals surface area contributed by atoms with Gasteiger partial charge in [-0.15, -0.1) is 0 Å². The van der Waals surface area contributed by atoms with Gasteiger partial charge < -0.3 is 10.0 Å². The molecule has 1 rings (SSSR count). The predicted octanol–water partition coefficient (Wildman–Crippen LogP) is 0.803. The number of rotatable bonds is 1. The van der Waals surface area contributed by atoms with E-state index in [1.807, 2.05) is 20.8 Å². The topological polar surface area (TPSA) is 40.5 Å². The van der Waals surface area contributed by atoms with Crippen molar-refractivity contribution in [3.63, 3.8) is 0 Å². The van der Waals surface area contributed by atoms with Crippen LogP contribution in [0.3, 0.4) is 0 Å². The van der Waals surface area contributed by atoms with Crippen LogP contribution in [0.4, 0.5) is 4.39 Å². The Balaban J connectivity index is 3.30. The van der Waals surface area contributed by atoms with Gasteiger partial charge in [-0.25, -0.2) is 4.39 Å². The average molecular weight is 196 g/mol. The zero-order valence-electron chi connectivity index (χ0n) is 8.58. The monoisotopic (exact) mass is 196 g/mol. The molecule has 0 amide bonds. The summed E-state index contributed by atoms with van der Waals surface area (Å²) in [6.07, 6.45) is 0. The van der Waals surface area contributed by atoms with Gasteiger partial charge in [0, 0.05) is 0 Å². The minimum Gasteiger partial charge on any atom is -0.423 e. The van der Waals surface area contributed by atoms with Crippen LogP contribution in [0.25, 0.3) is 0 Å². The molecule has 0 saturated heterocycles. The predicted molar refractivity (Wildman–Crippen MR) is 54.9 cm³/mol. The molecule has 0 fully saturated rings. The van der Waals surface area contributed by atoms with Gasteiger partial charge in [-0.1, -0.05) is 26.8 Å². The normalized spacial score (nSPS) is 11.6. The van der Waals surface area contributed by atoms with Crippen LogP contribution in [0.5, 0.6) is 0 Å². The molecule has 0 unspecified atom stereocenters. The highest BCUT2D eigenvalue weighted by Gasteiger charge is 2.24. The second-order valence-corrected chi connectivity index (χ2v) is 4.36. The lowest BCUT2D eigenvalue weighted by atomic mass is 9.70. The number of hydrogen-bond donors (Lipinski definition) is 2. The maximum atomic E-state index is 13.0. The third kappa shape index (κ3) is 2.33. The molecule has 0 radical (unpaired) electrons. The van der Waals surface area contributed by atoms with Crippen LogP contribution in [0.1, 0.15) is 26.3 Å². The summed E-state index contributed by atoms with van der Waals surface area (Å²) >= 11 is 0. The van der Waals surface area contributed by atoms with Crippen LogP contribution in [0.2, 0.25) is 0 Å². The van der Waals surface area contributed by atoms with E-state index in [0.717, 1.165) is 0 Å². The summed E-state index contributed by atoms with van der Waals surface area (Å²) in [5.74, 6) is -0.362.